The van der Waals surface area contributed by atoms with Gasteiger partial charge < -0.3 is 5.11 Å². The van der Waals surface area contributed by atoms with Crippen LogP contribution in [-0.2, 0) is 4.79 Å². The summed E-state index contributed by atoms with van der Waals surface area (Å²) >= 11 is 0. The Hall–Kier alpha value is -0.530. The van der Waals surface area contributed by atoms with Crippen molar-refractivity contribution in [2.45, 2.75) is 46.0 Å². The summed E-state index contributed by atoms with van der Waals surface area (Å²) in [5.41, 5.74) is 0.0633. The third-order valence-corrected chi connectivity index (χ3v) is 4.33. The number of carbonyl (C=O) groups is 1. The van der Waals surface area contributed by atoms with Crippen LogP contribution in [0.3, 0.4) is 0 Å². The Balaban J connectivity index is 2.02. The lowest BCUT2D eigenvalue weighted by molar-refractivity contribution is -0.139. The fourth-order valence-corrected chi connectivity index (χ4v) is 3.52. The Morgan fingerprint density at radius 3 is 2.21 bits per heavy atom. The number of hydrogen-bond acceptors (Lipinski definition) is 1. The van der Waals surface area contributed by atoms with Gasteiger partial charge in [-0.05, 0) is 17.3 Å². The Morgan fingerprint density at radius 1 is 1.21 bits per heavy atom. The molecule has 2 rings (SSSR count). The summed E-state index contributed by atoms with van der Waals surface area (Å²) in [5.74, 6) is 0.510. The van der Waals surface area contributed by atoms with Crippen molar-refractivity contribution in [1.82, 2.24) is 0 Å². The normalized spacial score (nSPS) is 36.7. The van der Waals surface area contributed by atoms with Crippen molar-refractivity contribution < 1.29 is 9.90 Å². The third-order valence-electron chi connectivity index (χ3n) is 4.33. The van der Waals surface area contributed by atoms with Gasteiger partial charge in [0.2, 0.25) is 0 Å². The summed E-state index contributed by atoms with van der Waals surface area (Å²) < 4.78 is 0. The Kier molecular flexibility index (Phi) is 2.32. The molecule has 14 heavy (non-hydrogen) atoms. The molecule has 80 valence electrons. The van der Waals surface area contributed by atoms with Crippen molar-refractivity contribution in [3.63, 3.8) is 0 Å². The molecule has 2 unspecified atom stereocenters. The van der Waals surface area contributed by atoms with E-state index in [0.717, 1.165) is 0 Å². The van der Waals surface area contributed by atoms with E-state index in [0.29, 0.717) is 11.8 Å². The summed E-state index contributed by atoms with van der Waals surface area (Å²) in [6.07, 6.45) is 6.49. The van der Waals surface area contributed by atoms with E-state index >= 15 is 0 Å². The first-order chi connectivity index (χ1) is 6.55. The Bertz CT molecular complexity index is 239. The summed E-state index contributed by atoms with van der Waals surface area (Å²) in [7, 11) is 0. The van der Waals surface area contributed by atoms with E-state index in [-0.39, 0.29) is 11.3 Å². The zero-order chi connectivity index (χ0) is 10.3. The van der Waals surface area contributed by atoms with Crippen molar-refractivity contribution in [3.05, 3.63) is 0 Å². The van der Waals surface area contributed by atoms with Gasteiger partial charge in [-0.2, -0.15) is 0 Å². The van der Waals surface area contributed by atoms with Crippen LogP contribution >= 0.6 is 0 Å². The molecule has 2 heteroatoms. The van der Waals surface area contributed by atoms with Gasteiger partial charge >= 0.3 is 5.97 Å². The molecule has 0 aromatic rings. The molecule has 2 fully saturated rings. The molecule has 0 heterocycles. The largest absolute Gasteiger partial charge is 0.481 e. The minimum Gasteiger partial charge on any atom is -0.481 e. The van der Waals surface area contributed by atoms with E-state index in [4.69, 9.17) is 5.11 Å². The average Bonchev–Trinajstić information content (AvgIpc) is 2.71. The first kappa shape index (κ1) is 10.0. The lowest BCUT2D eigenvalue weighted by Crippen LogP contribution is -2.12. The molecule has 0 bridgehead atoms. The van der Waals surface area contributed by atoms with Gasteiger partial charge in [0.05, 0.1) is 5.92 Å². The van der Waals surface area contributed by atoms with Crippen LogP contribution < -0.4 is 0 Å². The van der Waals surface area contributed by atoms with Gasteiger partial charge in [-0.1, -0.05) is 46.0 Å². The maximum Gasteiger partial charge on any atom is 0.307 e. The van der Waals surface area contributed by atoms with Crippen LogP contribution in [0, 0.1) is 23.2 Å². The Morgan fingerprint density at radius 2 is 1.79 bits per heavy atom. The van der Waals surface area contributed by atoms with Crippen molar-refractivity contribution in [3.8, 4) is 0 Å². The number of rotatable bonds is 2. The molecular formula is C12H20O2. The molecular weight excluding hydrogens is 176 g/mol. The SMILES string of the molecule is CC1(C)C(C(=O)O)C1C1CCCCC1. The van der Waals surface area contributed by atoms with Crippen LogP contribution in [0.5, 0.6) is 0 Å². The van der Waals surface area contributed by atoms with Gasteiger partial charge in [0, 0.05) is 0 Å². The van der Waals surface area contributed by atoms with Gasteiger partial charge in [0.25, 0.3) is 0 Å². The van der Waals surface area contributed by atoms with E-state index in [1.807, 2.05) is 0 Å². The maximum absolute atomic E-state index is 11.0. The second kappa shape index (κ2) is 3.25. The van der Waals surface area contributed by atoms with E-state index in [1.165, 1.54) is 32.1 Å². The van der Waals surface area contributed by atoms with E-state index < -0.39 is 5.97 Å². The monoisotopic (exact) mass is 196 g/mol. The predicted octanol–water partition coefficient (Wildman–Crippen LogP) is 2.92. The number of carboxylic acids is 1. The lowest BCUT2D eigenvalue weighted by atomic mass is 9.83. The molecule has 2 saturated carbocycles. The summed E-state index contributed by atoms with van der Waals surface area (Å²) in [6.45, 7) is 4.23. The predicted molar refractivity (Wildman–Crippen MR) is 55.0 cm³/mol. The molecule has 0 aliphatic heterocycles. The van der Waals surface area contributed by atoms with Crippen molar-refractivity contribution in [1.29, 1.82) is 0 Å². The highest BCUT2D eigenvalue weighted by molar-refractivity contribution is 5.75. The molecule has 1 N–H and O–H groups in total. The molecule has 0 radical (unpaired) electrons. The van der Waals surface area contributed by atoms with Crippen LogP contribution in [0.25, 0.3) is 0 Å². The fourth-order valence-electron chi connectivity index (χ4n) is 3.52. The van der Waals surface area contributed by atoms with Gasteiger partial charge in [-0.25, -0.2) is 0 Å². The smallest absolute Gasteiger partial charge is 0.307 e. The van der Waals surface area contributed by atoms with Gasteiger partial charge in [-0.15, -0.1) is 0 Å². The van der Waals surface area contributed by atoms with Gasteiger partial charge in [0.15, 0.2) is 0 Å². The molecule has 2 nitrogen and oxygen atoms in total. The molecule has 0 spiro atoms. The van der Waals surface area contributed by atoms with E-state index in [2.05, 4.69) is 13.8 Å². The zero-order valence-electron chi connectivity index (χ0n) is 9.12. The van der Waals surface area contributed by atoms with Crippen LogP contribution in [0.15, 0.2) is 0 Å². The molecule has 2 aliphatic carbocycles. The fraction of sp³-hybridized carbons (Fsp3) is 0.917. The number of hydrogen-bond donors (Lipinski definition) is 1. The minimum absolute atomic E-state index is 0.0633. The Labute approximate surface area is 85.7 Å². The quantitative estimate of drug-likeness (QED) is 0.737. The van der Waals surface area contributed by atoms with Gasteiger partial charge in [-0.3, -0.25) is 4.79 Å². The summed E-state index contributed by atoms with van der Waals surface area (Å²) in [6, 6.07) is 0. The second-order valence-corrected chi connectivity index (χ2v) is 5.56. The zero-order valence-corrected chi connectivity index (χ0v) is 9.12. The van der Waals surface area contributed by atoms with Crippen LogP contribution in [0.2, 0.25) is 0 Å². The number of aliphatic carboxylic acids is 1. The van der Waals surface area contributed by atoms with Crippen molar-refractivity contribution in [2.75, 3.05) is 0 Å². The molecule has 2 atom stereocenters. The standard InChI is InChI=1S/C12H20O2/c1-12(2)9(10(12)11(13)14)8-6-4-3-5-7-8/h8-10H,3-7H2,1-2H3,(H,13,14). The average molecular weight is 196 g/mol. The number of carboxylic acid groups (broad SMARTS) is 1. The summed E-state index contributed by atoms with van der Waals surface area (Å²) in [5, 5.41) is 9.09. The van der Waals surface area contributed by atoms with E-state index in [1.54, 1.807) is 0 Å². The van der Waals surface area contributed by atoms with Crippen LogP contribution in [0.4, 0.5) is 0 Å². The molecule has 0 saturated heterocycles. The van der Waals surface area contributed by atoms with Gasteiger partial charge in [0.1, 0.15) is 0 Å². The highest BCUT2D eigenvalue weighted by Crippen LogP contribution is 2.63. The molecule has 2 aliphatic rings. The summed E-state index contributed by atoms with van der Waals surface area (Å²) in [4.78, 5) is 11.0. The molecule has 0 aromatic carbocycles. The molecule has 0 aromatic heterocycles. The van der Waals surface area contributed by atoms with Crippen LogP contribution in [0.1, 0.15) is 46.0 Å². The van der Waals surface area contributed by atoms with Crippen LogP contribution in [-0.4, -0.2) is 11.1 Å². The second-order valence-electron chi connectivity index (χ2n) is 5.56. The minimum atomic E-state index is -0.578. The first-order valence-electron chi connectivity index (χ1n) is 5.78. The van der Waals surface area contributed by atoms with E-state index in [9.17, 15) is 4.79 Å². The lowest BCUT2D eigenvalue weighted by Gasteiger charge is -2.22. The van der Waals surface area contributed by atoms with Crippen molar-refractivity contribution >= 4 is 5.97 Å². The van der Waals surface area contributed by atoms with Crippen molar-refractivity contribution in [2.24, 2.45) is 23.2 Å². The third kappa shape index (κ3) is 1.45. The topological polar surface area (TPSA) is 37.3 Å². The maximum atomic E-state index is 11.0. The highest BCUT2D eigenvalue weighted by atomic mass is 16.4. The first-order valence-corrected chi connectivity index (χ1v) is 5.78. The highest BCUT2D eigenvalue weighted by Gasteiger charge is 2.64. The molecule has 0 amide bonds.